The first kappa shape index (κ1) is 10.2. The molecule has 0 radical (unpaired) electrons. The minimum Gasteiger partial charge on any atom is -0.330 e. The van der Waals surface area contributed by atoms with Crippen LogP contribution in [-0.2, 0) is 5.41 Å². The van der Waals surface area contributed by atoms with Crippen LogP contribution in [0.2, 0.25) is 0 Å². The van der Waals surface area contributed by atoms with Crippen LogP contribution in [0.4, 0.5) is 0 Å². The van der Waals surface area contributed by atoms with Crippen molar-refractivity contribution in [2.24, 2.45) is 5.73 Å². The Bertz CT molecular complexity index is 386. The Balaban J connectivity index is 2.39. The van der Waals surface area contributed by atoms with Crippen LogP contribution in [0, 0.1) is 11.3 Å². The van der Waals surface area contributed by atoms with Crippen LogP contribution < -0.4 is 5.73 Å². The maximum absolute atomic E-state index is 9.09. The Morgan fingerprint density at radius 2 is 2.07 bits per heavy atom. The Labute approximate surface area is 90.7 Å². The standard InChI is InChI=1S/C13H16N2/c14-9-8-13(6-3-7-13)12-5-2-1-4-11(12)10-15/h1-2,4-5H,3,6-9,14H2. The van der Waals surface area contributed by atoms with Gasteiger partial charge in [-0.15, -0.1) is 0 Å². The molecule has 0 amide bonds. The van der Waals surface area contributed by atoms with Crippen molar-refractivity contribution in [2.75, 3.05) is 6.54 Å². The molecule has 15 heavy (non-hydrogen) atoms. The molecule has 0 unspecified atom stereocenters. The minimum absolute atomic E-state index is 0.209. The number of hydrogen-bond acceptors (Lipinski definition) is 2. The number of nitriles is 1. The lowest BCUT2D eigenvalue weighted by molar-refractivity contribution is 0.229. The van der Waals surface area contributed by atoms with Gasteiger partial charge in [-0.1, -0.05) is 24.6 Å². The zero-order valence-electron chi connectivity index (χ0n) is 8.87. The van der Waals surface area contributed by atoms with E-state index in [9.17, 15) is 0 Å². The van der Waals surface area contributed by atoms with Gasteiger partial charge in [0.05, 0.1) is 11.6 Å². The van der Waals surface area contributed by atoms with Crippen LogP contribution in [0.3, 0.4) is 0 Å². The first-order chi connectivity index (χ1) is 7.32. The van der Waals surface area contributed by atoms with Crippen molar-refractivity contribution >= 4 is 0 Å². The van der Waals surface area contributed by atoms with Crippen molar-refractivity contribution in [3.63, 3.8) is 0 Å². The number of nitrogens with two attached hydrogens (primary N) is 1. The molecule has 0 saturated heterocycles. The van der Waals surface area contributed by atoms with Crippen LogP contribution in [0.1, 0.15) is 36.8 Å². The normalized spacial score (nSPS) is 17.9. The van der Waals surface area contributed by atoms with Crippen molar-refractivity contribution in [1.29, 1.82) is 5.26 Å². The second-order valence-corrected chi connectivity index (χ2v) is 4.33. The highest BCUT2D eigenvalue weighted by Gasteiger charge is 2.39. The Morgan fingerprint density at radius 3 is 2.60 bits per heavy atom. The van der Waals surface area contributed by atoms with Crippen LogP contribution in [-0.4, -0.2) is 6.54 Å². The van der Waals surface area contributed by atoms with Crippen molar-refractivity contribution in [1.82, 2.24) is 0 Å². The smallest absolute Gasteiger partial charge is 0.0994 e. The lowest BCUT2D eigenvalue weighted by Crippen LogP contribution is -2.37. The average Bonchev–Trinajstić information content (AvgIpc) is 2.23. The molecule has 1 fully saturated rings. The molecule has 2 N–H and O–H groups in total. The molecule has 0 atom stereocenters. The predicted octanol–water partition coefficient (Wildman–Crippen LogP) is 2.33. The molecule has 0 bridgehead atoms. The van der Waals surface area contributed by atoms with E-state index in [2.05, 4.69) is 12.1 Å². The molecule has 2 heteroatoms. The molecule has 1 aliphatic carbocycles. The summed E-state index contributed by atoms with van der Waals surface area (Å²) in [6.07, 6.45) is 4.64. The molecule has 0 heterocycles. The van der Waals surface area contributed by atoms with E-state index >= 15 is 0 Å². The highest BCUT2D eigenvalue weighted by molar-refractivity contribution is 5.43. The zero-order chi connectivity index (χ0) is 10.7. The van der Waals surface area contributed by atoms with E-state index in [0.29, 0.717) is 6.54 Å². The van der Waals surface area contributed by atoms with Crippen molar-refractivity contribution in [2.45, 2.75) is 31.1 Å². The minimum atomic E-state index is 0.209. The third kappa shape index (κ3) is 1.64. The van der Waals surface area contributed by atoms with Crippen LogP contribution in [0.15, 0.2) is 24.3 Å². The van der Waals surface area contributed by atoms with E-state index in [0.717, 1.165) is 12.0 Å². The van der Waals surface area contributed by atoms with Gasteiger partial charge in [0, 0.05) is 0 Å². The van der Waals surface area contributed by atoms with Crippen LogP contribution in [0.25, 0.3) is 0 Å². The SMILES string of the molecule is N#Cc1ccccc1C1(CCN)CCC1. The van der Waals surface area contributed by atoms with E-state index in [1.807, 2.05) is 18.2 Å². The van der Waals surface area contributed by atoms with Gasteiger partial charge in [-0.25, -0.2) is 0 Å². The second-order valence-electron chi connectivity index (χ2n) is 4.33. The van der Waals surface area contributed by atoms with Gasteiger partial charge in [-0.3, -0.25) is 0 Å². The zero-order valence-corrected chi connectivity index (χ0v) is 8.87. The molecule has 2 rings (SSSR count). The molecule has 2 nitrogen and oxygen atoms in total. The summed E-state index contributed by atoms with van der Waals surface area (Å²) in [4.78, 5) is 0. The molecule has 1 saturated carbocycles. The van der Waals surface area contributed by atoms with Gasteiger partial charge >= 0.3 is 0 Å². The highest BCUT2D eigenvalue weighted by Crippen LogP contribution is 2.47. The number of rotatable bonds is 3. The topological polar surface area (TPSA) is 49.8 Å². The van der Waals surface area contributed by atoms with Crippen LogP contribution >= 0.6 is 0 Å². The number of hydrogen-bond donors (Lipinski definition) is 1. The molecule has 1 aromatic rings. The maximum Gasteiger partial charge on any atom is 0.0994 e. The Kier molecular flexibility index (Phi) is 2.75. The van der Waals surface area contributed by atoms with Gasteiger partial charge in [0.15, 0.2) is 0 Å². The maximum atomic E-state index is 9.09. The van der Waals surface area contributed by atoms with E-state index in [1.54, 1.807) is 0 Å². The van der Waals surface area contributed by atoms with Crippen molar-refractivity contribution in [3.8, 4) is 6.07 Å². The molecule has 0 aromatic heterocycles. The Hall–Kier alpha value is -1.33. The summed E-state index contributed by atoms with van der Waals surface area (Å²) in [7, 11) is 0. The fourth-order valence-corrected chi connectivity index (χ4v) is 2.58. The van der Waals surface area contributed by atoms with Gasteiger partial charge in [0.1, 0.15) is 0 Å². The molecule has 0 spiro atoms. The fraction of sp³-hybridized carbons (Fsp3) is 0.462. The van der Waals surface area contributed by atoms with Gasteiger partial charge in [-0.05, 0) is 42.9 Å². The largest absolute Gasteiger partial charge is 0.330 e. The van der Waals surface area contributed by atoms with Gasteiger partial charge in [0.25, 0.3) is 0 Å². The predicted molar refractivity (Wildman–Crippen MR) is 60.4 cm³/mol. The van der Waals surface area contributed by atoms with E-state index < -0.39 is 0 Å². The molecular weight excluding hydrogens is 184 g/mol. The monoisotopic (exact) mass is 200 g/mol. The van der Waals surface area contributed by atoms with Gasteiger partial charge in [-0.2, -0.15) is 5.26 Å². The molecule has 0 aliphatic heterocycles. The number of benzene rings is 1. The molecule has 78 valence electrons. The lowest BCUT2D eigenvalue weighted by atomic mass is 9.61. The summed E-state index contributed by atoms with van der Waals surface area (Å²) < 4.78 is 0. The summed E-state index contributed by atoms with van der Waals surface area (Å²) in [6.45, 7) is 0.708. The lowest BCUT2D eigenvalue weighted by Gasteiger charge is -2.43. The molecule has 1 aliphatic rings. The van der Waals surface area contributed by atoms with E-state index in [-0.39, 0.29) is 5.41 Å². The van der Waals surface area contributed by atoms with Crippen molar-refractivity contribution < 1.29 is 0 Å². The first-order valence-corrected chi connectivity index (χ1v) is 5.52. The third-order valence-corrected chi connectivity index (χ3v) is 3.55. The molecule has 1 aromatic carbocycles. The second kappa shape index (κ2) is 4.04. The summed E-state index contributed by atoms with van der Waals surface area (Å²) >= 11 is 0. The fourth-order valence-electron chi connectivity index (χ4n) is 2.58. The third-order valence-electron chi connectivity index (χ3n) is 3.55. The highest BCUT2D eigenvalue weighted by atomic mass is 14.6. The first-order valence-electron chi connectivity index (χ1n) is 5.52. The van der Waals surface area contributed by atoms with Gasteiger partial charge < -0.3 is 5.73 Å². The average molecular weight is 200 g/mol. The Morgan fingerprint density at radius 1 is 1.33 bits per heavy atom. The summed E-state index contributed by atoms with van der Waals surface area (Å²) in [5.41, 5.74) is 7.92. The summed E-state index contributed by atoms with van der Waals surface area (Å²) in [5.74, 6) is 0. The van der Waals surface area contributed by atoms with E-state index in [1.165, 1.54) is 24.8 Å². The van der Waals surface area contributed by atoms with Crippen molar-refractivity contribution in [3.05, 3.63) is 35.4 Å². The van der Waals surface area contributed by atoms with Crippen LogP contribution in [0.5, 0.6) is 0 Å². The van der Waals surface area contributed by atoms with Gasteiger partial charge in [0.2, 0.25) is 0 Å². The summed E-state index contributed by atoms with van der Waals surface area (Å²) in [5, 5.41) is 9.09. The summed E-state index contributed by atoms with van der Waals surface area (Å²) in [6, 6.07) is 10.2. The van der Waals surface area contributed by atoms with E-state index in [4.69, 9.17) is 11.0 Å². The quantitative estimate of drug-likeness (QED) is 0.814. The molecular formula is C13H16N2. The number of nitrogens with zero attached hydrogens (tertiary/aromatic N) is 1.